The molecule has 1 aromatic carbocycles. The smallest absolute Gasteiger partial charge is 0.319 e. The number of H-pyrrole nitrogens is 1. The molecule has 2 atom stereocenters. The monoisotopic (exact) mass is 454 g/mol. The van der Waals surface area contributed by atoms with Crippen molar-refractivity contribution in [1.29, 1.82) is 0 Å². The number of urea groups is 1. The zero-order valence-electron chi connectivity index (χ0n) is 19.6. The number of amides is 3. The van der Waals surface area contributed by atoms with Crippen molar-refractivity contribution in [2.45, 2.75) is 64.7 Å². The van der Waals surface area contributed by atoms with Gasteiger partial charge in [-0.3, -0.25) is 14.8 Å². The van der Waals surface area contributed by atoms with Gasteiger partial charge in [0.2, 0.25) is 0 Å². The van der Waals surface area contributed by atoms with Crippen LogP contribution in [0.4, 0.5) is 15.0 Å². The Balaban J connectivity index is 1.35. The van der Waals surface area contributed by atoms with Crippen molar-refractivity contribution in [2.24, 2.45) is 0 Å². The maximum Gasteiger partial charge on any atom is 0.321 e. The lowest BCUT2D eigenvalue weighted by Gasteiger charge is -2.45. The van der Waals surface area contributed by atoms with Gasteiger partial charge in [-0.05, 0) is 70.8 Å². The number of aryl methyl sites for hydroxylation is 1. The molecular formula is C24H31FN6O2. The highest BCUT2D eigenvalue weighted by Gasteiger charge is 2.47. The Labute approximate surface area is 193 Å². The number of rotatable bonds is 2. The van der Waals surface area contributed by atoms with Crippen LogP contribution in [0.2, 0.25) is 0 Å². The van der Waals surface area contributed by atoms with Gasteiger partial charge in [-0.1, -0.05) is 0 Å². The molecule has 0 spiro atoms. The van der Waals surface area contributed by atoms with Crippen molar-refractivity contribution in [1.82, 2.24) is 24.9 Å². The molecular weight excluding hydrogens is 423 g/mol. The third kappa shape index (κ3) is 3.58. The standard InChI is InChI=1S/C24H31FN6O2/c1-14-10-16(7-8-19(14)25)22(32)26-21-18-13-31(24(3,4)20(18)27-28-21)23(33)30-12-17-6-5-9-29(17)11-15(30)2/h7-8,10,15,17H,5-6,9,11-13H2,1-4H3,(H2,26,27,28,32)/t15-,17-/m0/s1. The third-order valence-electron chi connectivity index (χ3n) is 7.54. The van der Waals surface area contributed by atoms with Crippen molar-refractivity contribution < 1.29 is 14.0 Å². The molecule has 9 heteroatoms. The van der Waals surface area contributed by atoms with Gasteiger partial charge in [0.1, 0.15) is 5.82 Å². The zero-order valence-corrected chi connectivity index (χ0v) is 19.6. The molecule has 0 bridgehead atoms. The van der Waals surface area contributed by atoms with Crippen LogP contribution in [0, 0.1) is 12.7 Å². The number of fused-ring (bicyclic) bond motifs is 2. The normalized spacial score (nSPS) is 24.0. The van der Waals surface area contributed by atoms with Crippen LogP contribution in [0.25, 0.3) is 0 Å². The van der Waals surface area contributed by atoms with E-state index in [1.165, 1.54) is 24.6 Å². The summed E-state index contributed by atoms with van der Waals surface area (Å²) in [5.41, 5.74) is 1.83. The van der Waals surface area contributed by atoms with E-state index in [9.17, 15) is 14.0 Å². The van der Waals surface area contributed by atoms with Crippen molar-refractivity contribution in [3.05, 3.63) is 46.4 Å². The van der Waals surface area contributed by atoms with E-state index in [0.717, 1.165) is 37.3 Å². The van der Waals surface area contributed by atoms with Gasteiger partial charge >= 0.3 is 6.03 Å². The number of nitrogens with zero attached hydrogens (tertiary/aromatic N) is 4. The second kappa shape index (κ2) is 7.83. The van der Waals surface area contributed by atoms with Gasteiger partial charge in [-0.25, -0.2) is 9.18 Å². The topological polar surface area (TPSA) is 84.6 Å². The number of carbonyl (C=O) groups is 2. The Morgan fingerprint density at radius 3 is 2.82 bits per heavy atom. The summed E-state index contributed by atoms with van der Waals surface area (Å²) in [6.45, 7) is 10.9. The Hall–Kier alpha value is -2.94. The van der Waals surface area contributed by atoms with Crippen molar-refractivity contribution >= 4 is 17.8 Å². The molecule has 0 unspecified atom stereocenters. The van der Waals surface area contributed by atoms with Gasteiger partial charge in [0.25, 0.3) is 5.91 Å². The van der Waals surface area contributed by atoms with Crippen molar-refractivity contribution in [2.75, 3.05) is 25.0 Å². The number of hydrogen-bond donors (Lipinski definition) is 2. The average molecular weight is 455 g/mol. The molecule has 1 aromatic heterocycles. The summed E-state index contributed by atoms with van der Waals surface area (Å²) in [4.78, 5) is 32.8. The Morgan fingerprint density at radius 1 is 1.27 bits per heavy atom. The first-order valence-electron chi connectivity index (χ1n) is 11.6. The van der Waals surface area contributed by atoms with Crippen LogP contribution < -0.4 is 5.32 Å². The molecule has 176 valence electrons. The van der Waals surface area contributed by atoms with E-state index in [1.54, 1.807) is 6.92 Å². The van der Waals surface area contributed by atoms with Gasteiger partial charge in [0.15, 0.2) is 5.82 Å². The molecule has 0 aliphatic carbocycles. The maximum atomic E-state index is 13.7. The number of halogens is 1. The van der Waals surface area contributed by atoms with Gasteiger partial charge in [0.05, 0.1) is 17.8 Å². The Morgan fingerprint density at radius 2 is 2.06 bits per heavy atom. The summed E-state index contributed by atoms with van der Waals surface area (Å²) >= 11 is 0. The summed E-state index contributed by atoms with van der Waals surface area (Å²) in [5.74, 6) is -0.300. The van der Waals surface area contributed by atoms with E-state index >= 15 is 0 Å². The molecule has 2 aromatic rings. The fraction of sp³-hybridized carbons (Fsp3) is 0.542. The second-order valence-electron chi connectivity index (χ2n) is 10.1. The number of hydrogen-bond acceptors (Lipinski definition) is 4. The van der Waals surface area contributed by atoms with E-state index in [4.69, 9.17) is 0 Å². The summed E-state index contributed by atoms with van der Waals surface area (Å²) in [7, 11) is 0. The highest BCUT2D eigenvalue weighted by atomic mass is 19.1. The predicted octanol–water partition coefficient (Wildman–Crippen LogP) is 3.45. The van der Waals surface area contributed by atoms with Crippen LogP contribution >= 0.6 is 0 Å². The summed E-state index contributed by atoms with van der Waals surface area (Å²) in [6, 6.07) is 4.88. The molecule has 5 rings (SSSR count). The minimum absolute atomic E-state index is 0.0232. The van der Waals surface area contributed by atoms with Crippen LogP contribution in [-0.2, 0) is 12.1 Å². The van der Waals surface area contributed by atoms with Crippen LogP contribution in [0.15, 0.2) is 18.2 Å². The Kier molecular flexibility index (Phi) is 5.19. The van der Waals surface area contributed by atoms with Gasteiger partial charge < -0.3 is 15.1 Å². The van der Waals surface area contributed by atoms with Gasteiger partial charge in [-0.15, -0.1) is 0 Å². The highest BCUT2D eigenvalue weighted by Crippen LogP contribution is 2.41. The second-order valence-corrected chi connectivity index (χ2v) is 10.1. The maximum absolute atomic E-state index is 13.7. The van der Waals surface area contributed by atoms with Gasteiger partial charge in [0, 0.05) is 36.3 Å². The van der Waals surface area contributed by atoms with E-state index in [-0.39, 0.29) is 23.8 Å². The molecule has 0 saturated carbocycles. The number of anilines is 1. The first kappa shape index (κ1) is 21.9. The minimum Gasteiger partial charge on any atom is -0.319 e. The van der Waals surface area contributed by atoms with Crippen LogP contribution in [0.1, 0.15) is 60.8 Å². The molecule has 33 heavy (non-hydrogen) atoms. The average Bonchev–Trinajstić information content (AvgIpc) is 3.45. The number of benzene rings is 1. The fourth-order valence-corrected chi connectivity index (χ4v) is 5.50. The predicted molar refractivity (Wildman–Crippen MR) is 122 cm³/mol. The summed E-state index contributed by atoms with van der Waals surface area (Å²) < 4.78 is 13.6. The lowest BCUT2D eigenvalue weighted by Crippen LogP contribution is -2.60. The molecule has 0 radical (unpaired) electrons. The third-order valence-corrected chi connectivity index (χ3v) is 7.54. The SMILES string of the molecule is Cc1cc(C(=O)Nc2n[nH]c3c2CN(C(=O)N2C[C@@H]4CCCN4C[C@@H]2C)C3(C)C)ccc1F. The summed E-state index contributed by atoms with van der Waals surface area (Å²) in [5, 5.41) is 10.2. The molecule has 2 N–H and O–H groups in total. The van der Waals surface area contributed by atoms with E-state index in [2.05, 4.69) is 27.3 Å². The number of aromatic amines is 1. The van der Waals surface area contributed by atoms with Gasteiger partial charge in [-0.2, -0.15) is 5.10 Å². The quantitative estimate of drug-likeness (QED) is 0.728. The van der Waals surface area contributed by atoms with E-state index in [0.29, 0.717) is 29.5 Å². The van der Waals surface area contributed by atoms with E-state index in [1.807, 2.05) is 23.6 Å². The molecule has 2 saturated heterocycles. The van der Waals surface area contributed by atoms with Crippen molar-refractivity contribution in [3.63, 3.8) is 0 Å². The molecule has 4 heterocycles. The number of carbonyl (C=O) groups excluding carboxylic acids is 2. The first-order chi connectivity index (χ1) is 15.7. The number of nitrogens with one attached hydrogen (secondary N) is 2. The first-order valence-corrected chi connectivity index (χ1v) is 11.6. The molecule has 2 fully saturated rings. The summed E-state index contributed by atoms with van der Waals surface area (Å²) in [6.07, 6.45) is 2.34. The zero-order chi connectivity index (χ0) is 23.5. The molecule has 8 nitrogen and oxygen atoms in total. The Bertz CT molecular complexity index is 1110. The minimum atomic E-state index is -0.582. The number of aromatic nitrogens is 2. The largest absolute Gasteiger partial charge is 0.321 e. The van der Waals surface area contributed by atoms with Crippen LogP contribution in [-0.4, -0.2) is 68.6 Å². The van der Waals surface area contributed by atoms with Crippen LogP contribution in [0.3, 0.4) is 0 Å². The molecule has 3 aliphatic heterocycles. The fourth-order valence-electron chi connectivity index (χ4n) is 5.50. The molecule has 3 aliphatic rings. The lowest BCUT2D eigenvalue weighted by atomic mass is 10.0. The lowest BCUT2D eigenvalue weighted by molar-refractivity contribution is 0.0454. The highest BCUT2D eigenvalue weighted by molar-refractivity contribution is 6.04. The number of piperazine rings is 1. The van der Waals surface area contributed by atoms with E-state index < -0.39 is 5.54 Å². The van der Waals surface area contributed by atoms with Crippen molar-refractivity contribution in [3.8, 4) is 0 Å². The van der Waals surface area contributed by atoms with Crippen LogP contribution in [0.5, 0.6) is 0 Å². The molecule has 3 amide bonds.